The van der Waals surface area contributed by atoms with Crippen molar-refractivity contribution >= 4 is 52.9 Å². The van der Waals surface area contributed by atoms with Crippen LogP contribution in [0.4, 0.5) is 0 Å². The van der Waals surface area contributed by atoms with Crippen molar-refractivity contribution in [2.24, 2.45) is 5.92 Å². The monoisotopic (exact) mass is 328 g/mol. The van der Waals surface area contributed by atoms with Crippen molar-refractivity contribution in [3.8, 4) is 0 Å². The fourth-order valence-electron chi connectivity index (χ4n) is 1.93. The van der Waals surface area contributed by atoms with Crippen molar-refractivity contribution in [2.75, 3.05) is 19.6 Å². The summed E-state index contributed by atoms with van der Waals surface area (Å²) in [6.07, 6.45) is 2.33. The predicted octanol–water partition coefficient (Wildman–Crippen LogP) is 3.21. The van der Waals surface area contributed by atoms with Crippen LogP contribution in [0.15, 0.2) is 6.07 Å². The molecule has 0 saturated carbocycles. The predicted molar refractivity (Wildman–Crippen MR) is 79.5 cm³/mol. The summed E-state index contributed by atoms with van der Waals surface area (Å²) in [5.41, 5.74) is 0.477. The minimum absolute atomic E-state index is 0. The Kier molecular flexibility index (Phi) is 6.74. The molecule has 0 spiro atoms. The molecule has 1 aliphatic heterocycles. The number of rotatable bonds is 3. The molecule has 7 heteroatoms. The molecule has 1 saturated heterocycles. The van der Waals surface area contributed by atoms with Crippen LogP contribution in [0.5, 0.6) is 0 Å². The van der Waals surface area contributed by atoms with E-state index in [1.807, 2.05) is 0 Å². The van der Waals surface area contributed by atoms with Gasteiger partial charge in [-0.3, -0.25) is 4.79 Å². The molecule has 0 aliphatic carbocycles. The Morgan fingerprint density at radius 1 is 1.56 bits per heavy atom. The third kappa shape index (κ3) is 4.28. The topological polar surface area (TPSA) is 41.1 Å². The Morgan fingerprint density at radius 2 is 2.33 bits per heavy atom. The van der Waals surface area contributed by atoms with Crippen molar-refractivity contribution in [1.82, 2.24) is 10.6 Å². The lowest BCUT2D eigenvalue weighted by Crippen LogP contribution is -2.38. The van der Waals surface area contributed by atoms with Gasteiger partial charge in [0.2, 0.25) is 0 Å². The van der Waals surface area contributed by atoms with E-state index in [1.54, 1.807) is 6.07 Å². The molecule has 2 N–H and O–H groups in total. The average Bonchev–Trinajstić information content (AvgIpc) is 2.67. The van der Waals surface area contributed by atoms with Gasteiger partial charge in [-0.05, 0) is 37.9 Å². The van der Waals surface area contributed by atoms with E-state index in [4.69, 9.17) is 23.2 Å². The first-order valence-electron chi connectivity index (χ1n) is 5.60. The second-order valence-electron chi connectivity index (χ2n) is 4.16. The molecule has 2 heterocycles. The Labute approximate surface area is 127 Å². The molecular weight excluding hydrogens is 315 g/mol. The summed E-state index contributed by atoms with van der Waals surface area (Å²) >= 11 is 12.9. The number of hydrogen-bond donors (Lipinski definition) is 2. The highest BCUT2D eigenvalue weighted by molar-refractivity contribution is 7.20. The van der Waals surface area contributed by atoms with E-state index >= 15 is 0 Å². The standard InChI is InChI=1S/C11H14Cl2N2OS.ClH/c12-9-4-8(10(13)17-9)11(16)15-6-7-2-1-3-14-5-7;/h4,7,14H,1-3,5-6H2,(H,15,16);1H. The summed E-state index contributed by atoms with van der Waals surface area (Å²) < 4.78 is 0.994. The highest BCUT2D eigenvalue weighted by Gasteiger charge is 2.17. The molecule has 18 heavy (non-hydrogen) atoms. The zero-order valence-corrected chi connectivity index (χ0v) is 12.8. The molecule has 0 bridgehead atoms. The lowest BCUT2D eigenvalue weighted by molar-refractivity contribution is 0.0945. The number of amides is 1. The molecule has 1 atom stereocenters. The van der Waals surface area contributed by atoms with Crippen molar-refractivity contribution < 1.29 is 4.79 Å². The van der Waals surface area contributed by atoms with Gasteiger partial charge >= 0.3 is 0 Å². The van der Waals surface area contributed by atoms with E-state index in [2.05, 4.69) is 10.6 Å². The van der Waals surface area contributed by atoms with Crippen LogP contribution in [-0.2, 0) is 0 Å². The van der Waals surface area contributed by atoms with Gasteiger partial charge in [-0.2, -0.15) is 0 Å². The maximum absolute atomic E-state index is 11.9. The minimum Gasteiger partial charge on any atom is -0.352 e. The Bertz CT molecular complexity index is 405. The molecular formula is C11H15Cl3N2OS. The number of carbonyl (C=O) groups is 1. The van der Waals surface area contributed by atoms with E-state index in [9.17, 15) is 4.79 Å². The molecule has 1 aliphatic rings. The third-order valence-electron chi connectivity index (χ3n) is 2.85. The first-order chi connectivity index (χ1) is 8.16. The van der Waals surface area contributed by atoms with Crippen LogP contribution in [0.1, 0.15) is 23.2 Å². The largest absolute Gasteiger partial charge is 0.352 e. The molecule has 0 radical (unpaired) electrons. The Morgan fingerprint density at radius 3 is 2.89 bits per heavy atom. The lowest BCUT2D eigenvalue weighted by atomic mass is 10.00. The molecule has 1 aromatic heterocycles. The van der Waals surface area contributed by atoms with Gasteiger partial charge in [-0.1, -0.05) is 23.2 Å². The van der Waals surface area contributed by atoms with Crippen LogP contribution >= 0.6 is 46.9 Å². The number of piperidine rings is 1. The number of thiophene rings is 1. The summed E-state index contributed by atoms with van der Waals surface area (Å²) in [6, 6.07) is 1.61. The highest BCUT2D eigenvalue weighted by Crippen LogP contribution is 2.30. The SMILES string of the molecule is Cl.O=C(NCC1CCCNC1)c1cc(Cl)sc1Cl. The van der Waals surface area contributed by atoms with Gasteiger partial charge < -0.3 is 10.6 Å². The molecule has 1 amide bonds. The summed E-state index contributed by atoms with van der Waals surface area (Å²) in [5, 5.41) is 6.22. The van der Waals surface area contributed by atoms with E-state index in [0.29, 0.717) is 26.7 Å². The maximum atomic E-state index is 11.9. The van der Waals surface area contributed by atoms with Crippen LogP contribution in [0, 0.1) is 5.92 Å². The third-order valence-corrected chi connectivity index (χ3v) is 4.34. The molecule has 1 unspecified atom stereocenters. The minimum atomic E-state index is -0.135. The zero-order valence-electron chi connectivity index (χ0n) is 9.67. The summed E-state index contributed by atoms with van der Waals surface area (Å²) in [4.78, 5) is 11.9. The van der Waals surface area contributed by atoms with Crippen LogP contribution in [0.2, 0.25) is 8.67 Å². The van der Waals surface area contributed by atoms with E-state index < -0.39 is 0 Å². The first-order valence-corrected chi connectivity index (χ1v) is 7.18. The maximum Gasteiger partial charge on any atom is 0.253 e. The molecule has 3 nitrogen and oxygen atoms in total. The number of nitrogens with one attached hydrogen (secondary N) is 2. The van der Waals surface area contributed by atoms with Crippen LogP contribution in [-0.4, -0.2) is 25.5 Å². The molecule has 102 valence electrons. The summed E-state index contributed by atoms with van der Waals surface area (Å²) in [7, 11) is 0. The van der Waals surface area contributed by atoms with Gasteiger partial charge in [0.15, 0.2) is 0 Å². The summed E-state index contributed by atoms with van der Waals surface area (Å²) in [6.45, 7) is 2.74. The van der Waals surface area contributed by atoms with Crippen LogP contribution < -0.4 is 10.6 Å². The molecule has 0 aromatic carbocycles. The number of carbonyl (C=O) groups excluding carboxylic acids is 1. The van der Waals surface area contributed by atoms with Crippen molar-refractivity contribution in [3.63, 3.8) is 0 Å². The second kappa shape index (κ2) is 7.56. The first kappa shape index (κ1) is 16.1. The van der Waals surface area contributed by atoms with Gasteiger partial charge in [0.25, 0.3) is 5.91 Å². The molecule has 1 fully saturated rings. The molecule has 2 rings (SSSR count). The van der Waals surface area contributed by atoms with Crippen molar-refractivity contribution in [2.45, 2.75) is 12.8 Å². The van der Waals surface area contributed by atoms with Gasteiger partial charge in [-0.25, -0.2) is 0 Å². The van der Waals surface area contributed by atoms with Gasteiger partial charge in [0, 0.05) is 6.54 Å². The quantitative estimate of drug-likeness (QED) is 0.894. The van der Waals surface area contributed by atoms with E-state index in [0.717, 1.165) is 19.5 Å². The number of hydrogen-bond acceptors (Lipinski definition) is 3. The average molecular weight is 330 g/mol. The van der Waals surface area contributed by atoms with Crippen LogP contribution in [0.25, 0.3) is 0 Å². The van der Waals surface area contributed by atoms with Crippen molar-refractivity contribution in [1.29, 1.82) is 0 Å². The molecule has 1 aromatic rings. The highest BCUT2D eigenvalue weighted by atomic mass is 35.5. The van der Waals surface area contributed by atoms with Gasteiger partial charge in [0.1, 0.15) is 4.34 Å². The van der Waals surface area contributed by atoms with E-state index in [-0.39, 0.29) is 18.3 Å². The fraction of sp³-hybridized carbons (Fsp3) is 0.545. The normalized spacial score (nSPS) is 19.1. The fourth-order valence-corrected chi connectivity index (χ4v) is 3.38. The van der Waals surface area contributed by atoms with Crippen molar-refractivity contribution in [3.05, 3.63) is 20.3 Å². The van der Waals surface area contributed by atoms with Crippen LogP contribution in [0.3, 0.4) is 0 Å². The zero-order chi connectivity index (χ0) is 12.3. The number of halogens is 3. The lowest BCUT2D eigenvalue weighted by Gasteiger charge is -2.22. The van der Waals surface area contributed by atoms with E-state index in [1.165, 1.54) is 17.8 Å². The Balaban J connectivity index is 0.00000162. The van der Waals surface area contributed by atoms with Gasteiger partial charge in [-0.15, -0.1) is 23.7 Å². The summed E-state index contributed by atoms with van der Waals surface area (Å²) in [5.74, 6) is 0.379. The smallest absolute Gasteiger partial charge is 0.253 e. The van der Waals surface area contributed by atoms with Gasteiger partial charge in [0.05, 0.1) is 9.90 Å². The second-order valence-corrected chi connectivity index (χ2v) is 6.45. The Hall–Kier alpha value is -0.0000000000000000555.